The normalized spacial score (nSPS) is 9.35. The van der Waals surface area contributed by atoms with E-state index in [0.29, 0.717) is 5.02 Å². The summed E-state index contributed by atoms with van der Waals surface area (Å²) in [6.07, 6.45) is 3.12. The molecule has 0 saturated carbocycles. The second-order valence-corrected chi connectivity index (χ2v) is 3.87. The van der Waals surface area contributed by atoms with Crippen LogP contribution in [-0.2, 0) is 0 Å². The van der Waals surface area contributed by atoms with Gasteiger partial charge in [0.2, 0.25) is 0 Å². The molecule has 0 radical (unpaired) electrons. The summed E-state index contributed by atoms with van der Waals surface area (Å²) in [5, 5.41) is 8.98. The monoisotopic (exact) mass is 252 g/mol. The number of nitrogens with one attached hydrogen (secondary N) is 1. The molecule has 0 aliphatic rings. The van der Waals surface area contributed by atoms with Crippen molar-refractivity contribution >= 4 is 11.6 Å². The van der Waals surface area contributed by atoms with Crippen LogP contribution < -0.4 is 5.56 Å². The van der Waals surface area contributed by atoms with E-state index in [2.05, 4.69) is 23.0 Å². The third-order valence-corrected chi connectivity index (χ3v) is 2.34. The lowest BCUT2D eigenvalue weighted by Crippen LogP contribution is -2.02. The summed E-state index contributed by atoms with van der Waals surface area (Å²) in [6, 6.07) is 5.19. The van der Waals surface area contributed by atoms with Gasteiger partial charge in [0.15, 0.2) is 5.75 Å². The van der Waals surface area contributed by atoms with Crippen LogP contribution in [0.5, 0.6) is 5.75 Å². The molecule has 90 valence electrons. The number of hydrogen-bond donors (Lipinski definition) is 2. The van der Waals surface area contributed by atoms with Crippen molar-refractivity contribution in [1.82, 2.24) is 9.97 Å². The van der Waals surface area contributed by atoms with E-state index in [0.717, 1.165) is 5.69 Å². The Kier molecular flexibility index (Phi) is 4.72. The predicted molar refractivity (Wildman–Crippen MR) is 67.4 cm³/mol. The summed E-state index contributed by atoms with van der Waals surface area (Å²) in [5.74, 6) is -0.359. The topological polar surface area (TPSA) is 66.0 Å². The number of pyridine rings is 2. The van der Waals surface area contributed by atoms with Crippen LogP contribution in [-0.4, -0.2) is 15.1 Å². The smallest absolute Gasteiger partial charge is 0.290 e. The molecule has 0 fully saturated rings. The number of nitrogens with zero attached hydrogens (tertiary/aromatic N) is 1. The van der Waals surface area contributed by atoms with E-state index in [4.69, 9.17) is 16.7 Å². The highest BCUT2D eigenvalue weighted by molar-refractivity contribution is 6.30. The van der Waals surface area contributed by atoms with Crippen molar-refractivity contribution in [3.8, 4) is 5.75 Å². The van der Waals surface area contributed by atoms with Crippen LogP contribution in [0.1, 0.15) is 11.3 Å². The van der Waals surface area contributed by atoms with Gasteiger partial charge in [-0.05, 0) is 25.5 Å². The zero-order chi connectivity index (χ0) is 12.8. The number of H-pyrrole nitrogens is 1. The number of rotatable bonds is 0. The summed E-state index contributed by atoms with van der Waals surface area (Å²) in [4.78, 5) is 16.7. The average molecular weight is 253 g/mol. The molecule has 2 heterocycles. The Bertz CT molecular complexity index is 531. The fraction of sp³-hybridized carbons (Fsp3) is 0.167. The Morgan fingerprint density at radius 2 is 2.12 bits per heavy atom. The van der Waals surface area contributed by atoms with Gasteiger partial charge in [0.25, 0.3) is 5.56 Å². The zero-order valence-electron chi connectivity index (χ0n) is 9.57. The molecule has 0 saturated heterocycles. The largest absolute Gasteiger partial charge is 0.503 e. The fourth-order valence-electron chi connectivity index (χ4n) is 1.01. The summed E-state index contributed by atoms with van der Waals surface area (Å²) in [5.41, 5.74) is 1.85. The summed E-state index contributed by atoms with van der Waals surface area (Å²) < 4.78 is 0. The Hall–Kier alpha value is -1.81. The molecule has 0 bridgehead atoms. The van der Waals surface area contributed by atoms with Crippen molar-refractivity contribution in [1.29, 1.82) is 0 Å². The first-order valence-corrected chi connectivity index (χ1v) is 5.34. The molecule has 17 heavy (non-hydrogen) atoms. The molecular weight excluding hydrogens is 240 g/mol. The minimum Gasteiger partial charge on any atom is -0.503 e. The highest BCUT2D eigenvalue weighted by Crippen LogP contribution is 2.08. The summed E-state index contributed by atoms with van der Waals surface area (Å²) in [6.45, 7) is 4.07. The zero-order valence-corrected chi connectivity index (χ0v) is 10.3. The Labute approximate surface area is 104 Å². The van der Waals surface area contributed by atoms with Crippen LogP contribution in [0.2, 0.25) is 5.02 Å². The molecule has 0 unspecified atom stereocenters. The van der Waals surface area contributed by atoms with E-state index in [9.17, 15) is 4.79 Å². The lowest BCUT2D eigenvalue weighted by atomic mass is 10.2. The quantitative estimate of drug-likeness (QED) is 0.757. The predicted octanol–water partition coefficient (Wildman–Crippen LogP) is 2.43. The molecule has 4 nitrogen and oxygen atoms in total. The highest BCUT2D eigenvalue weighted by atomic mass is 35.5. The second-order valence-electron chi connectivity index (χ2n) is 3.44. The van der Waals surface area contributed by atoms with E-state index >= 15 is 0 Å². The number of aromatic nitrogens is 2. The first-order valence-electron chi connectivity index (χ1n) is 4.96. The molecule has 2 N–H and O–H groups in total. The molecule has 0 aliphatic heterocycles. The highest BCUT2D eigenvalue weighted by Gasteiger charge is 1.93. The SMILES string of the molecule is Cc1cccnc1C.O=c1[nH]cc(Cl)cc1O. The van der Waals surface area contributed by atoms with E-state index in [-0.39, 0.29) is 5.75 Å². The minimum absolute atomic E-state index is 0.312. The molecular formula is C12H13ClN2O2. The number of aromatic hydroxyl groups is 1. The molecule has 5 heteroatoms. The lowest BCUT2D eigenvalue weighted by molar-refractivity contribution is 0.466. The average Bonchev–Trinajstić information content (AvgIpc) is 2.29. The van der Waals surface area contributed by atoms with Crippen molar-refractivity contribution in [2.45, 2.75) is 13.8 Å². The van der Waals surface area contributed by atoms with Gasteiger partial charge >= 0.3 is 0 Å². The van der Waals surface area contributed by atoms with Gasteiger partial charge in [-0.2, -0.15) is 0 Å². The van der Waals surface area contributed by atoms with Gasteiger partial charge in [0.05, 0.1) is 5.02 Å². The molecule has 2 aromatic rings. The molecule has 0 aliphatic carbocycles. The molecule has 2 aromatic heterocycles. The number of halogens is 1. The fourth-order valence-corrected chi connectivity index (χ4v) is 1.17. The first kappa shape index (κ1) is 13.3. The first-order chi connectivity index (χ1) is 8.00. The maximum Gasteiger partial charge on any atom is 0.290 e. The van der Waals surface area contributed by atoms with Crippen LogP contribution in [0.25, 0.3) is 0 Å². The standard InChI is InChI=1S/C7H9N.C5H4ClNO2/c1-6-4-3-5-8-7(6)2;6-3-1-4(8)5(9)7-2-3/h3-5H,1-2H3;1-2,8H,(H,7,9). The van der Waals surface area contributed by atoms with E-state index < -0.39 is 5.56 Å². The van der Waals surface area contributed by atoms with Gasteiger partial charge in [-0.1, -0.05) is 17.7 Å². The molecule has 0 atom stereocenters. The Morgan fingerprint density at radius 1 is 1.41 bits per heavy atom. The third-order valence-electron chi connectivity index (χ3n) is 2.12. The van der Waals surface area contributed by atoms with E-state index in [1.54, 1.807) is 0 Å². The van der Waals surface area contributed by atoms with Crippen LogP contribution >= 0.6 is 11.6 Å². The second kappa shape index (κ2) is 6.06. The van der Waals surface area contributed by atoms with Crippen molar-refractivity contribution < 1.29 is 5.11 Å². The van der Waals surface area contributed by atoms with E-state index in [1.165, 1.54) is 17.8 Å². The maximum atomic E-state index is 10.4. The van der Waals surface area contributed by atoms with Gasteiger partial charge in [-0.15, -0.1) is 0 Å². The van der Waals surface area contributed by atoms with Gasteiger partial charge in [-0.25, -0.2) is 0 Å². The van der Waals surface area contributed by atoms with Crippen molar-refractivity contribution in [2.24, 2.45) is 0 Å². The summed E-state index contributed by atoms with van der Waals surface area (Å²) >= 11 is 5.39. The Balaban J connectivity index is 0.000000171. The van der Waals surface area contributed by atoms with Gasteiger partial charge in [0, 0.05) is 24.2 Å². The molecule has 0 amide bonds. The maximum absolute atomic E-state index is 10.4. The van der Waals surface area contributed by atoms with Gasteiger partial charge < -0.3 is 10.1 Å². The minimum atomic E-state index is -0.528. The van der Waals surface area contributed by atoms with Crippen molar-refractivity contribution in [2.75, 3.05) is 0 Å². The summed E-state index contributed by atoms with van der Waals surface area (Å²) in [7, 11) is 0. The van der Waals surface area contributed by atoms with Crippen LogP contribution in [0.3, 0.4) is 0 Å². The van der Waals surface area contributed by atoms with Crippen LogP contribution in [0.15, 0.2) is 35.4 Å². The Morgan fingerprint density at radius 3 is 2.53 bits per heavy atom. The molecule has 0 aromatic carbocycles. The number of aromatic amines is 1. The lowest BCUT2D eigenvalue weighted by Gasteiger charge is -1.92. The number of hydrogen-bond acceptors (Lipinski definition) is 3. The number of aryl methyl sites for hydroxylation is 2. The van der Waals surface area contributed by atoms with Gasteiger partial charge in [-0.3, -0.25) is 9.78 Å². The van der Waals surface area contributed by atoms with Crippen LogP contribution in [0, 0.1) is 13.8 Å². The van der Waals surface area contributed by atoms with Crippen molar-refractivity contribution in [3.63, 3.8) is 0 Å². The van der Waals surface area contributed by atoms with E-state index in [1.807, 2.05) is 19.2 Å². The third kappa shape index (κ3) is 4.28. The molecule has 0 spiro atoms. The van der Waals surface area contributed by atoms with Gasteiger partial charge in [0.1, 0.15) is 0 Å². The molecule has 2 rings (SSSR count). The van der Waals surface area contributed by atoms with Crippen LogP contribution in [0.4, 0.5) is 0 Å². The van der Waals surface area contributed by atoms with Crippen molar-refractivity contribution in [3.05, 3.63) is 57.2 Å².